The van der Waals surface area contributed by atoms with Gasteiger partial charge >= 0.3 is 0 Å². The van der Waals surface area contributed by atoms with Gasteiger partial charge in [-0.3, -0.25) is 0 Å². The molecule has 0 aliphatic carbocycles. The summed E-state index contributed by atoms with van der Waals surface area (Å²) in [6.07, 6.45) is 0. The average molecular weight is 341 g/mol. The van der Waals surface area contributed by atoms with Gasteiger partial charge in [0.1, 0.15) is 0 Å². The molecule has 0 saturated heterocycles. The standard InChI is InChI=1S/20H3N/h20*1H3. The van der Waals surface area contributed by atoms with Crippen molar-refractivity contribution < 1.29 is 0 Å². The highest BCUT2D eigenvalue weighted by atomic mass is 14.0. The lowest BCUT2D eigenvalue weighted by atomic mass is 14.0. The Balaban J connectivity index is 0. The lowest BCUT2D eigenvalue weighted by Crippen LogP contribution is -0.482. The smallest absolute Gasteiger partial charge is 0.344 e. The summed E-state index contributed by atoms with van der Waals surface area (Å²) in [7, 11) is 0. The van der Waals surface area contributed by atoms with E-state index in [9.17, 15) is 0 Å². The molecule has 20 heteroatoms. The third-order valence-corrected chi connectivity index (χ3v) is 0. The average Bonchev–Trinajstić information content (AvgIpc) is 0. The molecule has 0 rings (SSSR count). The van der Waals surface area contributed by atoms with Gasteiger partial charge in [-0.1, -0.05) is 0 Å². The second-order valence-corrected chi connectivity index (χ2v) is 0. The zero-order valence-corrected chi connectivity index (χ0v) is 14.1. The molecule has 20 heavy (non-hydrogen) atoms. The minimum Gasteiger partial charge on any atom is -0.344 e. The summed E-state index contributed by atoms with van der Waals surface area (Å²) in [4.78, 5) is 0. The van der Waals surface area contributed by atoms with E-state index in [1.165, 1.54) is 0 Å². The molecule has 0 aliphatic heterocycles. The molecule has 0 aliphatic rings. The lowest BCUT2D eigenvalue weighted by molar-refractivity contribution is 2.13. The van der Waals surface area contributed by atoms with Crippen molar-refractivity contribution in [2.75, 3.05) is 0 Å². The first-order valence-electron chi connectivity index (χ1n) is 0. The third kappa shape index (κ3) is 7050. The zero-order valence-electron chi connectivity index (χ0n) is 14.1. The minimum atomic E-state index is 0. The van der Waals surface area contributed by atoms with Gasteiger partial charge in [0.05, 0.1) is 0 Å². The Morgan fingerprint density at radius 3 is 0.0500 bits per heavy atom. The van der Waals surface area contributed by atoms with Gasteiger partial charge in [-0.05, 0) is 0 Å². The summed E-state index contributed by atoms with van der Waals surface area (Å²) in [6, 6.07) is 0. The Morgan fingerprint density at radius 1 is 0.0500 bits per heavy atom. The quantitative estimate of drug-likeness (QED) is 0.300. The maximum Gasteiger partial charge on any atom is -0.344 e. The number of rotatable bonds is 0. The van der Waals surface area contributed by atoms with Gasteiger partial charge in [0.15, 0.2) is 0 Å². The summed E-state index contributed by atoms with van der Waals surface area (Å²) in [5.41, 5.74) is 0. The van der Waals surface area contributed by atoms with Gasteiger partial charge in [0.25, 0.3) is 0 Å². The highest BCUT2D eigenvalue weighted by Gasteiger charge is -0.325. The van der Waals surface area contributed by atoms with Crippen LogP contribution in [0.15, 0.2) is 0 Å². The van der Waals surface area contributed by atoms with E-state index in [-0.39, 0.29) is 123 Å². The first kappa shape index (κ1) is 9940. The Kier molecular flexibility index (Phi) is 4180000. The monoisotopic (exact) mass is 341 g/mol. The second kappa shape index (κ2) is 8410. The SMILES string of the molecule is N.N.N.N.N.N.N.N.N.N.N.N.N.N.N.N.N.N.N.N. The van der Waals surface area contributed by atoms with Gasteiger partial charge in [-0.25, -0.2) is 0 Å². The van der Waals surface area contributed by atoms with Crippen LogP contribution in [0.5, 0.6) is 0 Å². The van der Waals surface area contributed by atoms with E-state index in [1.807, 2.05) is 0 Å². The van der Waals surface area contributed by atoms with Crippen molar-refractivity contribution in [3.8, 4) is 0 Å². The number of hydrogen-bond donors (Lipinski definition) is 20. The van der Waals surface area contributed by atoms with Crippen molar-refractivity contribution in [1.82, 2.24) is 123 Å². The largest absolute Gasteiger partial charge is 0.344 e. The molecule has 0 atom stereocenters. The van der Waals surface area contributed by atoms with E-state index in [0.29, 0.717) is 0 Å². The van der Waals surface area contributed by atoms with E-state index in [4.69, 9.17) is 0 Å². The van der Waals surface area contributed by atoms with Crippen LogP contribution < -0.4 is 123 Å². The molecule has 60 N–H and O–H groups in total. The van der Waals surface area contributed by atoms with Gasteiger partial charge in [0.2, 0.25) is 0 Å². The highest BCUT2D eigenvalue weighted by Crippen LogP contribution is -0.462. The van der Waals surface area contributed by atoms with Crippen LogP contribution in [0.2, 0.25) is 0 Å². The highest BCUT2D eigenvalue weighted by molar-refractivity contribution is 2.15. The first-order valence-corrected chi connectivity index (χ1v) is 0. The summed E-state index contributed by atoms with van der Waals surface area (Å²) < 4.78 is 0. The predicted molar refractivity (Wildman–Crippen MR) is 100 cm³/mol. The number of hydrogen-bond acceptors (Lipinski definition) is 20. The fourth-order valence-electron chi connectivity index (χ4n) is 0. The molecule has 160 valence electrons. The van der Waals surface area contributed by atoms with Crippen LogP contribution in [0.4, 0.5) is 0 Å². The summed E-state index contributed by atoms with van der Waals surface area (Å²) in [6.45, 7) is 0. The molecule has 0 unspecified atom stereocenters. The molecule has 20 nitrogen and oxygen atoms in total. The van der Waals surface area contributed by atoms with Crippen molar-refractivity contribution in [1.29, 1.82) is 0 Å². The van der Waals surface area contributed by atoms with Crippen LogP contribution in [0, 0.1) is 0 Å². The van der Waals surface area contributed by atoms with E-state index in [2.05, 4.69) is 0 Å². The van der Waals surface area contributed by atoms with Crippen LogP contribution in [-0.4, -0.2) is 0 Å². The molecule has 0 fully saturated rings. The van der Waals surface area contributed by atoms with E-state index < -0.39 is 0 Å². The molecule has 0 spiro atoms. The fraction of sp³-hybridized carbons (Fsp3) is 0. The molecule has 0 heterocycles. The molecule has 0 aromatic heterocycles. The summed E-state index contributed by atoms with van der Waals surface area (Å²) in [5.74, 6) is 0. The van der Waals surface area contributed by atoms with Crippen molar-refractivity contribution in [3.63, 3.8) is 0 Å². The van der Waals surface area contributed by atoms with Gasteiger partial charge < -0.3 is 123 Å². The van der Waals surface area contributed by atoms with Gasteiger partial charge in [-0.2, -0.15) is 0 Å². The van der Waals surface area contributed by atoms with E-state index in [0.717, 1.165) is 0 Å². The molecule has 0 aromatic rings. The maximum absolute atomic E-state index is 0. The molecule has 0 radical (unpaired) electrons. The Bertz CT molecular complexity index is 0. The second-order valence-electron chi connectivity index (χ2n) is 0. The van der Waals surface area contributed by atoms with Gasteiger partial charge in [0, 0.05) is 0 Å². The molecular weight excluding hydrogens is 280 g/mol. The normalized spacial score (nSPS) is 0. The van der Waals surface area contributed by atoms with Crippen LogP contribution in [0.1, 0.15) is 0 Å². The topological polar surface area (TPSA) is 700 Å². The maximum atomic E-state index is 0. The Labute approximate surface area is 124 Å². The predicted octanol–water partition coefficient (Wildman–Crippen LogP) is 3.24. The van der Waals surface area contributed by atoms with Crippen molar-refractivity contribution in [2.24, 2.45) is 0 Å². The van der Waals surface area contributed by atoms with E-state index in [1.54, 1.807) is 0 Å². The van der Waals surface area contributed by atoms with E-state index >= 15 is 0 Å². The molecule has 0 bridgehead atoms. The Morgan fingerprint density at radius 2 is 0.0500 bits per heavy atom. The molecular formula is H60N20. The van der Waals surface area contributed by atoms with Crippen LogP contribution in [0.25, 0.3) is 0 Å². The zero-order chi connectivity index (χ0) is 0. The third-order valence-electron chi connectivity index (χ3n) is 0. The van der Waals surface area contributed by atoms with Crippen LogP contribution >= 0.6 is 0 Å². The van der Waals surface area contributed by atoms with Crippen molar-refractivity contribution >= 4 is 0 Å². The Hall–Kier alpha value is -0.800. The van der Waals surface area contributed by atoms with Crippen LogP contribution in [0.3, 0.4) is 0 Å². The van der Waals surface area contributed by atoms with Crippen molar-refractivity contribution in [3.05, 3.63) is 0 Å². The fourth-order valence-corrected chi connectivity index (χ4v) is 0. The first-order chi connectivity index (χ1) is 0. The van der Waals surface area contributed by atoms with Crippen molar-refractivity contribution in [2.45, 2.75) is 0 Å². The molecule has 0 aromatic carbocycles. The summed E-state index contributed by atoms with van der Waals surface area (Å²) in [5, 5.41) is 0. The molecule has 0 saturated carbocycles. The molecule has 0 amide bonds. The lowest BCUT2D eigenvalue weighted by Gasteiger charge is -0.345. The minimum absolute atomic E-state index is 0. The van der Waals surface area contributed by atoms with Crippen LogP contribution in [-0.2, 0) is 0 Å². The van der Waals surface area contributed by atoms with Gasteiger partial charge in [-0.15, -0.1) is 0 Å². The summed E-state index contributed by atoms with van der Waals surface area (Å²) >= 11 is 0.